The summed E-state index contributed by atoms with van der Waals surface area (Å²) in [7, 11) is 0. The van der Waals surface area contributed by atoms with Crippen LogP contribution in [0.5, 0.6) is 5.75 Å². The third-order valence-corrected chi connectivity index (χ3v) is 5.35. The van der Waals surface area contributed by atoms with Crippen LogP contribution >= 0.6 is 0 Å². The maximum atomic E-state index is 14.7. The van der Waals surface area contributed by atoms with E-state index >= 15 is 0 Å². The van der Waals surface area contributed by atoms with E-state index in [9.17, 15) is 39.5 Å². The van der Waals surface area contributed by atoms with Crippen molar-refractivity contribution in [1.29, 1.82) is 0 Å². The first-order valence-corrected chi connectivity index (χ1v) is 10.2. The van der Waals surface area contributed by atoms with Crippen LogP contribution in [0.3, 0.4) is 0 Å². The lowest BCUT2D eigenvalue weighted by Gasteiger charge is -2.20. The van der Waals surface area contributed by atoms with Crippen molar-refractivity contribution in [2.24, 2.45) is 0 Å². The Kier molecular flexibility index (Phi) is 6.46. The van der Waals surface area contributed by atoms with Gasteiger partial charge < -0.3 is 4.74 Å². The first kappa shape index (κ1) is 25.2. The van der Waals surface area contributed by atoms with Crippen molar-refractivity contribution < 1.29 is 44.3 Å². The van der Waals surface area contributed by atoms with Crippen LogP contribution in [0.4, 0.5) is 39.5 Å². The van der Waals surface area contributed by atoms with E-state index in [-0.39, 0.29) is 16.7 Å². The highest BCUT2D eigenvalue weighted by molar-refractivity contribution is 5.66. The molecule has 0 bridgehead atoms. The van der Waals surface area contributed by atoms with Gasteiger partial charge in [0, 0.05) is 17.2 Å². The lowest BCUT2D eigenvalue weighted by Crippen LogP contribution is -2.23. The van der Waals surface area contributed by atoms with E-state index in [1.54, 1.807) is 0 Å². The highest BCUT2D eigenvalue weighted by Crippen LogP contribution is 2.37. The molecule has 4 aromatic carbocycles. The van der Waals surface area contributed by atoms with E-state index in [1.807, 2.05) is 0 Å². The third kappa shape index (κ3) is 4.62. The predicted molar refractivity (Wildman–Crippen MR) is 113 cm³/mol. The van der Waals surface area contributed by atoms with E-state index in [0.29, 0.717) is 30.3 Å². The van der Waals surface area contributed by atoms with Gasteiger partial charge in [-0.15, -0.1) is 0 Å². The number of halogens is 9. The zero-order valence-corrected chi connectivity index (χ0v) is 18.1. The Morgan fingerprint density at radius 2 is 1.17 bits per heavy atom. The molecule has 0 fully saturated rings. The first-order chi connectivity index (χ1) is 16.9. The Morgan fingerprint density at radius 3 is 1.78 bits per heavy atom. The summed E-state index contributed by atoms with van der Waals surface area (Å²) in [6.07, 6.45) is -4.33. The van der Waals surface area contributed by atoms with Gasteiger partial charge in [0.05, 0.1) is 5.56 Å². The van der Waals surface area contributed by atoms with Gasteiger partial charge in [-0.05, 0) is 60.0 Å². The SMILES string of the molecule is Cc1ccc(-c2ccc(C(F)(F)Oc3ccc(-c4cc(F)c(F)c(F)c4)c(F)c3)c(F)c2)c(F)c1F. The maximum Gasteiger partial charge on any atom is 0.429 e. The average molecular weight is 512 g/mol. The highest BCUT2D eigenvalue weighted by Gasteiger charge is 2.38. The van der Waals surface area contributed by atoms with E-state index < -0.39 is 69.3 Å². The van der Waals surface area contributed by atoms with Gasteiger partial charge in [-0.25, -0.2) is 30.7 Å². The van der Waals surface area contributed by atoms with Gasteiger partial charge in [-0.2, -0.15) is 8.78 Å². The van der Waals surface area contributed by atoms with Crippen molar-refractivity contribution in [3.63, 3.8) is 0 Å². The lowest BCUT2D eigenvalue weighted by molar-refractivity contribution is -0.187. The number of benzene rings is 4. The number of hydrogen-bond acceptors (Lipinski definition) is 1. The lowest BCUT2D eigenvalue weighted by atomic mass is 10.0. The van der Waals surface area contributed by atoms with Gasteiger partial charge in [0.2, 0.25) is 0 Å². The monoisotopic (exact) mass is 512 g/mol. The molecule has 0 radical (unpaired) electrons. The summed E-state index contributed by atoms with van der Waals surface area (Å²) in [5.74, 6) is -10.9. The number of aryl methyl sites for hydroxylation is 1. The van der Waals surface area contributed by atoms with Gasteiger partial charge in [0.1, 0.15) is 17.4 Å². The van der Waals surface area contributed by atoms with Crippen LogP contribution in [0.1, 0.15) is 11.1 Å². The summed E-state index contributed by atoms with van der Waals surface area (Å²) in [4.78, 5) is 0. The number of ether oxygens (including phenoxy) is 1. The molecule has 0 aromatic heterocycles. The third-order valence-electron chi connectivity index (χ3n) is 5.35. The Hall–Kier alpha value is -3.95. The Morgan fingerprint density at radius 1 is 0.556 bits per heavy atom. The van der Waals surface area contributed by atoms with E-state index in [1.165, 1.54) is 19.1 Å². The molecule has 0 amide bonds. The largest absolute Gasteiger partial charge is 0.429 e. The van der Waals surface area contributed by atoms with Crippen LogP contribution < -0.4 is 4.74 Å². The number of hydrogen-bond donors (Lipinski definition) is 0. The number of alkyl halides is 2. The molecule has 0 aliphatic carbocycles. The molecule has 0 N–H and O–H groups in total. The van der Waals surface area contributed by atoms with Crippen LogP contribution in [-0.4, -0.2) is 0 Å². The molecule has 4 aromatic rings. The smallest absolute Gasteiger partial charge is 0.429 e. The van der Waals surface area contributed by atoms with Crippen molar-refractivity contribution in [2.45, 2.75) is 13.0 Å². The molecule has 0 unspecified atom stereocenters. The minimum Gasteiger partial charge on any atom is -0.429 e. The summed E-state index contributed by atoms with van der Waals surface area (Å²) >= 11 is 0. The van der Waals surface area contributed by atoms with Crippen molar-refractivity contribution in [3.8, 4) is 28.0 Å². The van der Waals surface area contributed by atoms with Gasteiger partial charge in [0.15, 0.2) is 29.1 Å². The molecule has 4 rings (SSSR count). The summed E-state index contributed by atoms with van der Waals surface area (Å²) in [6, 6.07) is 7.73. The van der Waals surface area contributed by atoms with Crippen molar-refractivity contribution in [3.05, 3.63) is 113 Å². The molecular formula is C26H13F9O. The van der Waals surface area contributed by atoms with Crippen molar-refractivity contribution in [2.75, 3.05) is 0 Å². The molecule has 0 saturated heterocycles. The van der Waals surface area contributed by atoms with Crippen LogP contribution in [0.25, 0.3) is 22.3 Å². The van der Waals surface area contributed by atoms with Crippen LogP contribution in [0, 0.1) is 47.6 Å². The highest BCUT2D eigenvalue weighted by atomic mass is 19.3. The molecule has 0 atom stereocenters. The molecule has 186 valence electrons. The summed E-state index contributed by atoms with van der Waals surface area (Å²) in [6.45, 7) is 1.31. The molecule has 0 saturated carbocycles. The molecule has 0 aliphatic heterocycles. The zero-order chi connectivity index (χ0) is 26.4. The summed E-state index contributed by atoms with van der Waals surface area (Å²) in [5, 5.41) is 0. The van der Waals surface area contributed by atoms with Gasteiger partial charge in [-0.3, -0.25) is 0 Å². The van der Waals surface area contributed by atoms with Crippen molar-refractivity contribution >= 4 is 0 Å². The normalized spacial score (nSPS) is 11.6. The maximum absolute atomic E-state index is 14.7. The van der Waals surface area contributed by atoms with Crippen molar-refractivity contribution in [1.82, 2.24) is 0 Å². The number of rotatable bonds is 5. The quantitative estimate of drug-likeness (QED) is 0.193. The molecule has 0 spiro atoms. The topological polar surface area (TPSA) is 9.23 Å². The predicted octanol–water partition coefficient (Wildman–Crippen LogP) is 8.43. The Labute approximate surface area is 198 Å². The van der Waals surface area contributed by atoms with Crippen LogP contribution in [-0.2, 0) is 6.11 Å². The summed E-state index contributed by atoms with van der Waals surface area (Å²) < 4.78 is 131. The minimum atomic E-state index is -4.33. The first-order valence-electron chi connectivity index (χ1n) is 10.2. The van der Waals surface area contributed by atoms with Crippen LogP contribution in [0.2, 0.25) is 0 Å². The second-order valence-corrected chi connectivity index (χ2v) is 7.77. The summed E-state index contributed by atoms with van der Waals surface area (Å²) in [5.41, 5.74) is -2.67. The molecule has 36 heavy (non-hydrogen) atoms. The van der Waals surface area contributed by atoms with E-state index in [4.69, 9.17) is 0 Å². The Balaban J connectivity index is 1.62. The molecule has 10 heteroatoms. The Bertz CT molecular complexity index is 1460. The van der Waals surface area contributed by atoms with Gasteiger partial charge in [0.25, 0.3) is 0 Å². The van der Waals surface area contributed by atoms with Gasteiger partial charge in [-0.1, -0.05) is 18.2 Å². The second kappa shape index (κ2) is 9.25. The second-order valence-electron chi connectivity index (χ2n) is 7.77. The van der Waals surface area contributed by atoms with Gasteiger partial charge >= 0.3 is 6.11 Å². The molecular weight excluding hydrogens is 499 g/mol. The fourth-order valence-electron chi connectivity index (χ4n) is 3.50. The molecule has 0 heterocycles. The fraction of sp³-hybridized carbons (Fsp3) is 0.0769. The molecule has 1 nitrogen and oxygen atoms in total. The zero-order valence-electron chi connectivity index (χ0n) is 18.1. The minimum absolute atomic E-state index is 0.00113. The fourth-order valence-corrected chi connectivity index (χ4v) is 3.50. The van der Waals surface area contributed by atoms with E-state index in [2.05, 4.69) is 4.74 Å². The van der Waals surface area contributed by atoms with Crippen LogP contribution in [0.15, 0.2) is 60.7 Å². The standard InChI is InChI=1S/C26H13F9O/c1-12-2-5-17(24(32)23(12)31)13-3-7-18(20(28)8-13)26(34,35)36-15-4-6-16(19(27)11-15)14-9-21(29)25(33)22(30)10-14/h2-11H,1H3. The molecule has 0 aliphatic rings. The van der Waals surface area contributed by atoms with E-state index in [0.717, 1.165) is 18.2 Å². The average Bonchev–Trinajstić information content (AvgIpc) is 2.80.